The van der Waals surface area contributed by atoms with Crippen LogP contribution in [0.3, 0.4) is 0 Å². The van der Waals surface area contributed by atoms with Gasteiger partial charge >= 0.3 is 0 Å². The quantitative estimate of drug-likeness (QED) is 0.636. The average Bonchev–Trinajstić information content (AvgIpc) is 3.04. The fourth-order valence-corrected chi connectivity index (χ4v) is 2.56. The molecule has 2 aromatic heterocycles. The van der Waals surface area contributed by atoms with E-state index in [2.05, 4.69) is 20.0 Å². The van der Waals surface area contributed by atoms with Crippen molar-refractivity contribution in [3.05, 3.63) is 30.7 Å². The third-order valence-electron chi connectivity index (χ3n) is 3.00. The number of carbonyl (C=O) groups excluding carboxylic acids is 1. The fourth-order valence-electron chi connectivity index (χ4n) is 2.09. The molecule has 0 unspecified atom stereocenters. The van der Waals surface area contributed by atoms with E-state index in [1.165, 1.54) is 21.8 Å². The molecular formula is C12H13N7O3S. The second kappa shape index (κ2) is 5.35. The molecule has 11 heteroatoms. The van der Waals surface area contributed by atoms with Gasteiger partial charge in [0.05, 0.1) is 23.7 Å². The first kappa shape index (κ1) is 15.0. The van der Waals surface area contributed by atoms with Crippen molar-refractivity contribution in [2.24, 2.45) is 0 Å². The molecule has 0 aliphatic carbocycles. The molecule has 0 aliphatic rings. The van der Waals surface area contributed by atoms with E-state index < -0.39 is 10.0 Å². The molecule has 0 bridgehead atoms. The molecule has 0 saturated carbocycles. The van der Waals surface area contributed by atoms with Crippen LogP contribution in [0.1, 0.15) is 4.79 Å². The van der Waals surface area contributed by atoms with Gasteiger partial charge in [-0.15, -0.1) is 5.10 Å². The summed E-state index contributed by atoms with van der Waals surface area (Å²) in [7, 11) is -3.45. The molecule has 0 saturated heterocycles. The summed E-state index contributed by atoms with van der Waals surface area (Å²) < 4.78 is 27.0. The number of benzene rings is 1. The minimum absolute atomic E-state index is 0.0417. The molecule has 120 valence electrons. The molecule has 3 rings (SSSR count). The Labute approximate surface area is 131 Å². The lowest BCUT2D eigenvalue weighted by atomic mass is 10.3. The third-order valence-corrected chi connectivity index (χ3v) is 3.58. The minimum Gasteiger partial charge on any atom is -0.397 e. The maximum Gasteiger partial charge on any atom is 0.254 e. The molecule has 10 nitrogen and oxygen atoms in total. The number of nitrogens with two attached hydrogens (primary N) is 1. The summed E-state index contributed by atoms with van der Waals surface area (Å²) in [6.07, 6.45) is 3.71. The maximum atomic E-state index is 12.3. The summed E-state index contributed by atoms with van der Waals surface area (Å²) in [5, 5.41) is 7.35. The molecule has 0 radical (unpaired) electrons. The normalized spacial score (nSPS) is 11.7. The molecular weight excluding hydrogens is 322 g/mol. The highest BCUT2D eigenvalue weighted by Crippen LogP contribution is 2.19. The van der Waals surface area contributed by atoms with Gasteiger partial charge < -0.3 is 5.73 Å². The molecule has 2 heterocycles. The minimum atomic E-state index is -3.45. The van der Waals surface area contributed by atoms with E-state index in [1.54, 1.807) is 18.2 Å². The smallest absolute Gasteiger partial charge is 0.254 e. The number of aromatic nitrogens is 5. The lowest BCUT2D eigenvalue weighted by molar-refractivity contribution is 0.0890. The van der Waals surface area contributed by atoms with Crippen molar-refractivity contribution in [3.63, 3.8) is 0 Å². The van der Waals surface area contributed by atoms with E-state index in [4.69, 9.17) is 5.73 Å². The van der Waals surface area contributed by atoms with Gasteiger partial charge in [-0.2, -0.15) is 0 Å². The Bertz CT molecular complexity index is 989. The number of hydrogen-bond acceptors (Lipinski definition) is 7. The Morgan fingerprint density at radius 2 is 2.17 bits per heavy atom. The highest BCUT2D eigenvalue weighted by molar-refractivity contribution is 7.92. The molecule has 0 aliphatic heterocycles. The second-order valence-corrected chi connectivity index (χ2v) is 6.65. The van der Waals surface area contributed by atoms with Crippen molar-refractivity contribution in [2.75, 3.05) is 16.7 Å². The number of rotatable bonds is 4. The van der Waals surface area contributed by atoms with Gasteiger partial charge in [0.15, 0.2) is 5.82 Å². The van der Waals surface area contributed by atoms with Crippen molar-refractivity contribution >= 4 is 38.5 Å². The van der Waals surface area contributed by atoms with E-state index in [0.717, 1.165) is 6.26 Å². The summed E-state index contributed by atoms with van der Waals surface area (Å²) in [6.45, 7) is -0.126. The largest absolute Gasteiger partial charge is 0.397 e. The molecule has 0 amide bonds. The summed E-state index contributed by atoms with van der Waals surface area (Å²) in [5.74, 6) is -0.270. The topological polar surface area (TPSA) is 138 Å². The fraction of sp³-hybridized carbons (Fsp3) is 0.167. The van der Waals surface area contributed by atoms with E-state index in [9.17, 15) is 13.2 Å². The molecule has 0 spiro atoms. The average molecular weight is 335 g/mol. The molecule has 3 N–H and O–H groups in total. The zero-order valence-corrected chi connectivity index (χ0v) is 12.9. The lowest BCUT2D eigenvalue weighted by Crippen LogP contribution is -2.17. The van der Waals surface area contributed by atoms with Gasteiger partial charge in [-0.25, -0.2) is 18.1 Å². The summed E-state index contributed by atoms with van der Waals surface area (Å²) in [4.78, 5) is 16.5. The zero-order chi connectivity index (χ0) is 16.6. The monoisotopic (exact) mass is 335 g/mol. The molecule has 1 aromatic carbocycles. The number of imidazole rings is 1. The number of fused-ring (bicyclic) bond motifs is 1. The number of nitrogens with zero attached hydrogens (tertiary/aromatic N) is 5. The van der Waals surface area contributed by atoms with Crippen LogP contribution in [-0.4, -0.2) is 45.1 Å². The molecule has 0 atom stereocenters. The lowest BCUT2D eigenvalue weighted by Gasteiger charge is -2.03. The zero-order valence-electron chi connectivity index (χ0n) is 12.0. The molecule has 0 fully saturated rings. The Morgan fingerprint density at radius 1 is 1.39 bits per heavy atom. The van der Waals surface area contributed by atoms with Gasteiger partial charge in [-0.05, 0) is 12.1 Å². The third kappa shape index (κ3) is 3.13. The van der Waals surface area contributed by atoms with Gasteiger partial charge in [0.1, 0.15) is 18.4 Å². The standard InChI is InChI=1S/C12H13N7O3S/c1-23(21,22)16-10-5-18(17-15-10)6-11(20)19-7-14-12-8(13)3-2-4-9(12)19/h2-5,7,16H,6,13H2,1H3. The van der Waals surface area contributed by atoms with E-state index in [-0.39, 0.29) is 18.3 Å². The number of sulfonamides is 1. The van der Waals surface area contributed by atoms with Crippen LogP contribution in [0.25, 0.3) is 11.0 Å². The van der Waals surface area contributed by atoms with Crippen molar-refractivity contribution in [1.82, 2.24) is 24.5 Å². The molecule has 23 heavy (non-hydrogen) atoms. The van der Waals surface area contributed by atoms with Crippen LogP contribution in [0.5, 0.6) is 0 Å². The van der Waals surface area contributed by atoms with Crippen molar-refractivity contribution < 1.29 is 13.2 Å². The number of nitrogen functional groups attached to an aromatic ring is 1. The van der Waals surface area contributed by atoms with Crippen LogP contribution in [0.4, 0.5) is 11.5 Å². The predicted molar refractivity (Wildman–Crippen MR) is 83.3 cm³/mol. The van der Waals surface area contributed by atoms with Crippen LogP contribution >= 0.6 is 0 Å². The van der Waals surface area contributed by atoms with Crippen LogP contribution in [0.15, 0.2) is 30.7 Å². The Kier molecular flexibility index (Phi) is 3.48. The van der Waals surface area contributed by atoms with Gasteiger partial charge in [0, 0.05) is 0 Å². The Morgan fingerprint density at radius 3 is 2.91 bits per heavy atom. The highest BCUT2D eigenvalue weighted by Gasteiger charge is 2.14. The second-order valence-electron chi connectivity index (χ2n) is 4.90. The molecule has 3 aromatic rings. The number of hydrogen-bond donors (Lipinski definition) is 2. The van der Waals surface area contributed by atoms with Gasteiger partial charge in [0.25, 0.3) is 5.91 Å². The number of carbonyl (C=O) groups is 1. The summed E-state index contributed by atoms with van der Waals surface area (Å²) in [6, 6.07) is 5.16. The van der Waals surface area contributed by atoms with Crippen LogP contribution in [0, 0.1) is 0 Å². The van der Waals surface area contributed by atoms with E-state index in [0.29, 0.717) is 16.7 Å². The van der Waals surface area contributed by atoms with Crippen LogP contribution in [-0.2, 0) is 16.6 Å². The first-order chi connectivity index (χ1) is 10.8. The van der Waals surface area contributed by atoms with Crippen LogP contribution in [0.2, 0.25) is 0 Å². The number of nitrogens with one attached hydrogen (secondary N) is 1. The first-order valence-corrected chi connectivity index (χ1v) is 8.35. The Hall–Kier alpha value is -2.95. The van der Waals surface area contributed by atoms with Crippen molar-refractivity contribution in [3.8, 4) is 0 Å². The van der Waals surface area contributed by atoms with Gasteiger partial charge in [-0.1, -0.05) is 11.3 Å². The predicted octanol–water partition coefficient (Wildman–Crippen LogP) is -0.0781. The van der Waals surface area contributed by atoms with E-state index in [1.807, 2.05) is 0 Å². The van der Waals surface area contributed by atoms with E-state index >= 15 is 0 Å². The first-order valence-electron chi connectivity index (χ1n) is 6.46. The Balaban J connectivity index is 1.83. The van der Waals surface area contributed by atoms with Gasteiger partial charge in [0.2, 0.25) is 10.0 Å². The van der Waals surface area contributed by atoms with Crippen molar-refractivity contribution in [1.29, 1.82) is 0 Å². The maximum absolute atomic E-state index is 12.3. The summed E-state index contributed by atoms with van der Waals surface area (Å²) >= 11 is 0. The van der Waals surface area contributed by atoms with Gasteiger partial charge in [-0.3, -0.25) is 14.1 Å². The van der Waals surface area contributed by atoms with Crippen LogP contribution < -0.4 is 10.5 Å². The van der Waals surface area contributed by atoms with Crippen molar-refractivity contribution in [2.45, 2.75) is 6.54 Å². The number of para-hydroxylation sites is 1. The highest BCUT2D eigenvalue weighted by atomic mass is 32.2. The number of anilines is 2. The summed E-state index contributed by atoms with van der Waals surface area (Å²) in [5.41, 5.74) is 7.41. The SMILES string of the molecule is CS(=O)(=O)Nc1cn(CC(=O)n2cnc3c(N)cccc32)nn1.